The molecular formula is C16H28N2S. The molecule has 2 unspecified atom stereocenters. The van der Waals surface area contributed by atoms with E-state index in [2.05, 4.69) is 36.6 Å². The van der Waals surface area contributed by atoms with Gasteiger partial charge in [0.15, 0.2) is 0 Å². The molecule has 0 radical (unpaired) electrons. The summed E-state index contributed by atoms with van der Waals surface area (Å²) in [5.41, 5.74) is 0. The van der Waals surface area contributed by atoms with Crippen LogP contribution in [0.5, 0.6) is 0 Å². The molecule has 1 saturated heterocycles. The Morgan fingerprint density at radius 3 is 2.95 bits per heavy atom. The molecule has 1 aliphatic rings. The number of thiophene rings is 1. The minimum atomic E-state index is 0.600. The summed E-state index contributed by atoms with van der Waals surface area (Å²) in [6.07, 6.45) is 7.92. The Morgan fingerprint density at radius 2 is 2.16 bits per heavy atom. The van der Waals surface area contributed by atoms with Crippen LogP contribution >= 0.6 is 11.3 Å². The average Bonchev–Trinajstić information content (AvgIpc) is 2.73. The summed E-state index contributed by atoms with van der Waals surface area (Å²) in [6, 6.07) is 5.86. The van der Waals surface area contributed by atoms with Gasteiger partial charge < -0.3 is 10.6 Å². The van der Waals surface area contributed by atoms with Gasteiger partial charge in [-0.05, 0) is 51.3 Å². The van der Waals surface area contributed by atoms with Gasteiger partial charge in [-0.1, -0.05) is 19.8 Å². The molecule has 0 saturated carbocycles. The van der Waals surface area contributed by atoms with Gasteiger partial charge in [0, 0.05) is 28.4 Å². The van der Waals surface area contributed by atoms with Gasteiger partial charge in [-0.25, -0.2) is 0 Å². The standard InChI is InChI=1S/C16H28N2S/c1-3-15-8-9-16(19-15)12-18-13(2)11-14-7-5-4-6-10-17-14/h8-9,13-14,17-18H,3-7,10-12H2,1-2H3. The molecule has 2 N–H and O–H groups in total. The molecule has 1 aliphatic heterocycles. The highest BCUT2D eigenvalue weighted by atomic mass is 32.1. The van der Waals surface area contributed by atoms with Gasteiger partial charge in [0.05, 0.1) is 0 Å². The number of rotatable bonds is 6. The predicted octanol–water partition coefficient (Wildman–Crippen LogP) is 3.71. The van der Waals surface area contributed by atoms with E-state index in [1.165, 1.54) is 48.4 Å². The molecule has 1 aromatic rings. The second kappa shape index (κ2) is 8.03. The van der Waals surface area contributed by atoms with Crippen molar-refractivity contribution in [2.45, 2.75) is 71.0 Å². The molecule has 0 aromatic carbocycles. The van der Waals surface area contributed by atoms with Crippen molar-refractivity contribution >= 4 is 11.3 Å². The Bertz CT molecular complexity index is 353. The summed E-state index contributed by atoms with van der Waals surface area (Å²) in [5, 5.41) is 7.36. The topological polar surface area (TPSA) is 24.1 Å². The second-order valence-corrected chi connectivity index (χ2v) is 6.99. The van der Waals surface area contributed by atoms with Crippen molar-refractivity contribution in [3.8, 4) is 0 Å². The molecule has 3 heteroatoms. The lowest BCUT2D eigenvalue weighted by Gasteiger charge is -2.21. The molecular weight excluding hydrogens is 252 g/mol. The van der Waals surface area contributed by atoms with Crippen LogP contribution in [0.2, 0.25) is 0 Å². The summed E-state index contributed by atoms with van der Waals surface area (Å²) in [7, 11) is 0. The van der Waals surface area contributed by atoms with E-state index in [4.69, 9.17) is 0 Å². The van der Waals surface area contributed by atoms with E-state index in [0.29, 0.717) is 6.04 Å². The minimum Gasteiger partial charge on any atom is -0.314 e. The maximum absolute atomic E-state index is 3.69. The number of aryl methyl sites for hydroxylation is 1. The summed E-state index contributed by atoms with van der Waals surface area (Å²) in [5.74, 6) is 0. The molecule has 0 aliphatic carbocycles. The van der Waals surface area contributed by atoms with E-state index in [1.807, 2.05) is 11.3 Å². The maximum atomic E-state index is 3.69. The molecule has 0 amide bonds. The third kappa shape index (κ3) is 5.25. The van der Waals surface area contributed by atoms with Crippen molar-refractivity contribution in [1.82, 2.24) is 10.6 Å². The van der Waals surface area contributed by atoms with E-state index >= 15 is 0 Å². The summed E-state index contributed by atoms with van der Waals surface area (Å²) >= 11 is 1.95. The number of nitrogens with one attached hydrogen (secondary N) is 2. The van der Waals surface area contributed by atoms with Gasteiger partial charge in [0.1, 0.15) is 0 Å². The highest BCUT2D eigenvalue weighted by Crippen LogP contribution is 2.17. The van der Waals surface area contributed by atoms with Crippen LogP contribution in [0.15, 0.2) is 12.1 Å². The van der Waals surface area contributed by atoms with Crippen molar-refractivity contribution in [2.24, 2.45) is 0 Å². The van der Waals surface area contributed by atoms with Crippen molar-refractivity contribution in [2.75, 3.05) is 6.54 Å². The van der Waals surface area contributed by atoms with Crippen molar-refractivity contribution < 1.29 is 0 Å². The van der Waals surface area contributed by atoms with E-state index in [-0.39, 0.29) is 0 Å². The average molecular weight is 280 g/mol. The third-order valence-electron chi connectivity index (χ3n) is 3.99. The van der Waals surface area contributed by atoms with Crippen molar-refractivity contribution in [3.63, 3.8) is 0 Å². The zero-order chi connectivity index (χ0) is 13.5. The largest absolute Gasteiger partial charge is 0.314 e. The molecule has 108 valence electrons. The van der Waals surface area contributed by atoms with Gasteiger partial charge in [0.2, 0.25) is 0 Å². The minimum absolute atomic E-state index is 0.600. The zero-order valence-electron chi connectivity index (χ0n) is 12.4. The van der Waals surface area contributed by atoms with Crippen molar-refractivity contribution in [3.05, 3.63) is 21.9 Å². The molecule has 1 fully saturated rings. The summed E-state index contributed by atoms with van der Waals surface area (Å²) in [4.78, 5) is 2.97. The lowest BCUT2D eigenvalue weighted by molar-refractivity contribution is 0.403. The SMILES string of the molecule is CCc1ccc(CNC(C)CC2CCCCCN2)s1. The van der Waals surface area contributed by atoms with Crippen LogP contribution < -0.4 is 10.6 Å². The first kappa shape index (κ1) is 15.0. The second-order valence-electron chi connectivity index (χ2n) is 5.74. The van der Waals surface area contributed by atoms with E-state index in [0.717, 1.165) is 19.0 Å². The predicted molar refractivity (Wildman–Crippen MR) is 84.9 cm³/mol. The molecule has 0 spiro atoms. The summed E-state index contributed by atoms with van der Waals surface area (Å²) in [6.45, 7) is 6.78. The summed E-state index contributed by atoms with van der Waals surface area (Å²) < 4.78 is 0. The van der Waals surface area contributed by atoms with Gasteiger partial charge >= 0.3 is 0 Å². The molecule has 19 heavy (non-hydrogen) atoms. The fourth-order valence-electron chi connectivity index (χ4n) is 2.79. The maximum Gasteiger partial charge on any atom is 0.0302 e. The van der Waals surface area contributed by atoms with Crippen LogP contribution in [0.4, 0.5) is 0 Å². The quantitative estimate of drug-likeness (QED) is 0.830. The lowest BCUT2D eigenvalue weighted by atomic mass is 10.0. The first-order valence-corrected chi connectivity index (χ1v) is 8.64. The first-order valence-electron chi connectivity index (χ1n) is 7.82. The molecule has 0 bridgehead atoms. The Kier molecular flexibility index (Phi) is 6.35. The number of hydrogen-bond donors (Lipinski definition) is 2. The van der Waals surface area contributed by atoms with E-state index < -0.39 is 0 Å². The highest BCUT2D eigenvalue weighted by molar-refractivity contribution is 7.11. The molecule has 2 heterocycles. The smallest absolute Gasteiger partial charge is 0.0302 e. The Hall–Kier alpha value is -0.380. The van der Waals surface area contributed by atoms with Crippen LogP contribution in [0.25, 0.3) is 0 Å². The van der Waals surface area contributed by atoms with Crippen LogP contribution in [0.3, 0.4) is 0 Å². The lowest BCUT2D eigenvalue weighted by Crippen LogP contribution is -2.36. The third-order valence-corrected chi connectivity index (χ3v) is 5.22. The van der Waals surface area contributed by atoms with Crippen LogP contribution in [-0.2, 0) is 13.0 Å². The molecule has 2 atom stereocenters. The highest BCUT2D eigenvalue weighted by Gasteiger charge is 2.14. The zero-order valence-corrected chi connectivity index (χ0v) is 13.2. The fourth-order valence-corrected chi connectivity index (χ4v) is 3.70. The van der Waals surface area contributed by atoms with Gasteiger partial charge in [-0.3, -0.25) is 0 Å². The van der Waals surface area contributed by atoms with E-state index in [9.17, 15) is 0 Å². The first-order chi connectivity index (χ1) is 9.28. The normalized spacial score (nSPS) is 22.1. The monoisotopic (exact) mass is 280 g/mol. The molecule has 2 nitrogen and oxygen atoms in total. The van der Waals surface area contributed by atoms with Crippen LogP contribution in [0, 0.1) is 0 Å². The Labute approximate surface area is 122 Å². The van der Waals surface area contributed by atoms with Gasteiger partial charge in [-0.2, -0.15) is 0 Å². The molecule has 1 aromatic heterocycles. The Balaban J connectivity index is 1.69. The Morgan fingerprint density at radius 1 is 1.32 bits per heavy atom. The number of hydrogen-bond acceptors (Lipinski definition) is 3. The fraction of sp³-hybridized carbons (Fsp3) is 0.750. The van der Waals surface area contributed by atoms with Crippen LogP contribution in [0.1, 0.15) is 55.7 Å². The molecule has 2 rings (SSSR count). The van der Waals surface area contributed by atoms with Gasteiger partial charge in [-0.15, -0.1) is 11.3 Å². The van der Waals surface area contributed by atoms with E-state index in [1.54, 1.807) is 0 Å². The van der Waals surface area contributed by atoms with Crippen molar-refractivity contribution in [1.29, 1.82) is 0 Å². The van der Waals surface area contributed by atoms with Gasteiger partial charge in [0.25, 0.3) is 0 Å². The van der Waals surface area contributed by atoms with Crippen LogP contribution in [-0.4, -0.2) is 18.6 Å².